The minimum Gasteiger partial charge on any atom is -0.322 e. The Labute approximate surface area is 97.4 Å². The maximum atomic E-state index is 11.8. The number of amides is 1. The molecule has 0 atom stereocenters. The third-order valence-electron chi connectivity index (χ3n) is 2.86. The highest BCUT2D eigenvalue weighted by molar-refractivity contribution is 6.03. The van der Waals surface area contributed by atoms with Crippen LogP contribution in [0.1, 0.15) is 31.9 Å². The van der Waals surface area contributed by atoms with E-state index in [2.05, 4.69) is 12.2 Å². The summed E-state index contributed by atoms with van der Waals surface area (Å²) in [6.07, 6.45) is 0. The Hall–Kier alpha value is -1.57. The summed E-state index contributed by atoms with van der Waals surface area (Å²) in [5.41, 5.74) is 5.10. The number of nitrogens with one attached hydrogen (secondary N) is 1. The second kappa shape index (κ2) is 4.97. The van der Waals surface area contributed by atoms with Gasteiger partial charge in [-0.05, 0) is 57.9 Å². The van der Waals surface area contributed by atoms with Crippen molar-refractivity contribution in [1.29, 1.82) is 0 Å². The summed E-state index contributed by atoms with van der Waals surface area (Å²) in [5, 5.41) is 2.89. The van der Waals surface area contributed by atoms with Crippen molar-refractivity contribution in [3.8, 4) is 0 Å². The van der Waals surface area contributed by atoms with Crippen molar-refractivity contribution >= 4 is 11.6 Å². The molecule has 16 heavy (non-hydrogen) atoms. The maximum Gasteiger partial charge on any atom is 0.251 e. The van der Waals surface area contributed by atoms with Crippen LogP contribution in [-0.4, -0.2) is 5.91 Å². The summed E-state index contributed by atoms with van der Waals surface area (Å²) in [5.74, 6) is -0.0248. The molecule has 0 saturated heterocycles. The summed E-state index contributed by atoms with van der Waals surface area (Å²) in [7, 11) is 0. The fraction of sp³-hybridized carbons (Fsp3) is 0.357. The first-order valence-electron chi connectivity index (χ1n) is 5.44. The van der Waals surface area contributed by atoms with Crippen LogP contribution in [0.3, 0.4) is 0 Å². The smallest absolute Gasteiger partial charge is 0.251 e. The van der Waals surface area contributed by atoms with Gasteiger partial charge in [-0.25, -0.2) is 0 Å². The molecule has 0 unspecified atom stereocenters. The minimum atomic E-state index is -0.0248. The molecule has 0 radical (unpaired) electrons. The van der Waals surface area contributed by atoms with E-state index in [4.69, 9.17) is 0 Å². The van der Waals surface area contributed by atoms with Gasteiger partial charge in [-0.15, -0.1) is 0 Å². The Morgan fingerprint density at radius 2 is 1.69 bits per heavy atom. The van der Waals surface area contributed by atoms with Gasteiger partial charge >= 0.3 is 0 Å². The number of carbonyl (C=O) groups is 1. The quantitative estimate of drug-likeness (QED) is 0.753. The number of allylic oxidation sites excluding steroid dienone is 1. The molecule has 1 N–H and O–H groups in total. The van der Waals surface area contributed by atoms with Crippen LogP contribution in [0, 0.1) is 13.8 Å². The first-order valence-corrected chi connectivity index (χ1v) is 5.44. The second-order valence-electron chi connectivity index (χ2n) is 4.38. The molecule has 0 fully saturated rings. The molecule has 2 heteroatoms. The van der Waals surface area contributed by atoms with Gasteiger partial charge in [-0.2, -0.15) is 0 Å². The molecule has 86 valence electrons. The molecule has 2 nitrogen and oxygen atoms in total. The van der Waals surface area contributed by atoms with E-state index in [1.807, 2.05) is 45.9 Å². The second-order valence-corrected chi connectivity index (χ2v) is 4.38. The number of hydrogen-bond donors (Lipinski definition) is 1. The van der Waals surface area contributed by atoms with Crippen LogP contribution in [-0.2, 0) is 4.79 Å². The molecule has 0 aliphatic carbocycles. The third-order valence-corrected chi connectivity index (χ3v) is 2.86. The molecule has 1 aromatic carbocycles. The van der Waals surface area contributed by atoms with Crippen LogP contribution in [0.25, 0.3) is 0 Å². The van der Waals surface area contributed by atoms with E-state index in [0.29, 0.717) is 0 Å². The lowest BCUT2D eigenvalue weighted by molar-refractivity contribution is -0.112. The normalized spacial score (nSPS) is 9.81. The molecule has 0 aromatic heterocycles. The summed E-state index contributed by atoms with van der Waals surface area (Å²) in [4.78, 5) is 11.8. The van der Waals surface area contributed by atoms with Gasteiger partial charge in [0.05, 0.1) is 0 Å². The zero-order valence-corrected chi connectivity index (χ0v) is 10.6. The fourth-order valence-electron chi connectivity index (χ4n) is 1.27. The van der Waals surface area contributed by atoms with E-state index in [-0.39, 0.29) is 5.91 Å². The van der Waals surface area contributed by atoms with Crippen molar-refractivity contribution < 1.29 is 4.79 Å². The van der Waals surface area contributed by atoms with Crippen molar-refractivity contribution in [3.05, 3.63) is 40.5 Å². The van der Waals surface area contributed by atoms with E-state index < -0.39 is 0 Å². The molecule has 1 aromatic rings. The minimum absolute atomic E-state index is 0.0248. The van der Waals surface area contributed by atoms with Crippen LogP contribution < -0.4 is 5.32 Å². The van der Waals surface area contributed by atoms with Gasteiger partial charge in [0, 0.05) is 11.3 Å². The number of rotatable bonds is 2. The van der Waals surface area contributed by atoms with Crippen LogP contribution in [0.2, 0.25) is 0 Å². The van der Waals surface area contributed by atoms with E-state index >= 15 is 0 Å². The number of hydrogen-bond acceptors (Lipinski definition) is 1. The molecular formula is C14H19NO. The van der Waals surface area contributed by atoms with Gasteiger partial charge < -0.3 is 5.32 Å². The predicted molar refractivity (Wildman–Crippen MR) is 68.6 cm³/mol. The van der Waals surface area contributed by atoms with Crippen LogP contribution >= 0.6 is 0 Å². The number of anilines is 1. The Kier molecular flexibility index (Phi) is 3.88. The lowest BCUT2D eigenvalue weighted by Crippen LogP contribution is -2.13. The molecule has 0 aliphatic heterocycles. The fourth-order valence-corrected chi connectivity index (χ4v) is 1.27. The summed E-state index contributed by atoms with van der Waals surface area (Å²) < 4.78 is 0. The van der Waals surface area contributed by atoms with Gasteiger partial charge in [-0.1, -0.05) is 11.6 Å². The van der Waals surface area contributed by atoms with E-state index in [9.17, 15) is 4.79 Å². The Morgan fingerprint density at radius 3 is 2.19 bits per heavy atom. The van der Waals surface area contributed by atoms with Crippen LogP contribution in [0.4, 0.5) is 5.69 Å². The van der Waals surface area contributed by atoms with Gasteiger partial charge in [0.2, 0.25) is 0 Å². The molecular weight excluding hydrogens is 198 g/mol. The number of carbonyl (C=O) groups excluding carboxylic acids is 1. The third kappa shape index (κ3) is 2.96. The zero-order chi connectivity index (χ0) is 12.3. The molecule has 0 heterocycles. The molecule has 0 spiro atoms. The van der Waals surface area contributed by atoms with Gasteiger partial charge in [0.15, 0.2) is 0 Å². The van der Waals surface area contributed by atoms with Gasteiger partial charge in [0.25, 0.3) is 5.91 Å². The SMILES string of the molecule is CC(C)=C(C)C(=O)Nc1ccc(C)c(C)c1. The van der Waals surface area contributed by atoms with E-state index in [1.54, 1.807) is 0 Å². The largest absolute Gasteiger partial charge is 0.322 e. The number of benzene rings is 1. The van der Waals surface area contributed by atoms with Crippen LogP contribution in [0.5, 0.6) is 0 Å². The Balaban J connectivity index is 2.86. The van der Waals surface area contributed by atoms with Crippen molar-refractivity contribution in [2.24, 2.45) is 0 Å². The standard InChI is InChI=1S/C14H19NO/c1-9(2)12(5)14(16)15-13-7-6-10(3)11(4)8-13/h6-8H,1-5H3,(H,15,16). The molecule has 1 rings (SSSR count). The summed E-state index contributed by atoms with van der Waals surface area (Å²) >= 11 is 0. The highest BCUT2D eigenvalue weighted by atomic mass is 16.1. The Morgan fingerprint density at radius 1 is 1.06 bits per heavy atom. The van der Waals surface area contributed by atoms with Crippen molar-refractivity contribution in [2.75, 3.05) is 5.32 Å². The zero-order valence-electron chi connectivity index (χ0n) is 10.6. The van der Waals surface area contributed by atoms with Crippen molar-refractivity contribution in [2.45, 2.75) is 34.6 Å². The van der Waals surface area contributed by atoms with Gasteiger partial charge in [-0.3, -0.25) is 4.79 Å². The maximum absolute atomic E-state index is 11.8. The highest BCUT2D eigenvalue weighted by Crippen LogP contribution is 2.15. The molecule has 1 amide bonds. The highest BCUT2D eigenvalue weighted by Gasteiger charge is 2.06. The van der Waals surface area contributed by atoms with E-state index in [0.717, 1.165) is 16.8 Å². The average molecular weight is 217 g/mol. The van der Waals surface area contributed by atoms with Gasteiger partial charge in [0.1, 0.15) is 0 Å². The van der Waals surface area contributed by atoms with E-state index in [1.165, 1.54) is 11.1 Å². The predicted octanol–water partition coefficient (Wildman–Crippen LogP) is 3.60. The summed E-state index contributed by atoms with van der Waals surface area (Å²) in [6.45, 7) is 9.82. The molecule has 0 aliphatic rings. The average Bonchev–Trinajstić information content (AvgIpc) is 2.22. The lowest BCUT2D eigenvalue weighted by Gasteiger charge is -2.08. The molecule has 0 bridgehead atoms. The summed E-state index contributed by atoms with van der Waals surface area (Å²) in [6, 6.07) is 5.94. The van der Waals surface area contributed by atoms with Crippen molar-refractivity contribution in [3.63, 3.8) is 0 Å². The Bertz CT molecular complexity index is 440. The van der Waals surface area contributed by atoms with Crippen molar-refractivity contribution in [1.82, 2.24) is 0 Å². The monoisotopic (exact) mass is 217 g/mol. The van der Waals surface area contributed by atoms with Crippen LogP contribution in [0.15, 0.2) is 29.3 Å². The lowest BCUT2D eigenvalue weighted by atomic mass is 10.1. The first kappa shape index (κ1) is 12.5. The first-order chi connectivity index (χ1) is 7.41. The topological polar surface area (TPSA) is 29.1 Å². The number of aryl methyl sites for hydroxylation is 2. The molecule has 0 saturated carbocycles.